The highest BCUT2D eigenvalue weighted by molar-refractivity contribution is 5.84. The summed E-state index contributed by atoms with van der Waals surface area (Å²) in [7, 11) is 3.02. The minimum Gasteiger partial charge on any atom is -0.453 e. The van der Waals surface area contributed by atoms with Gasteiger partial charge in [0.25, 0.3) is 0 Å². The number of rotatable bonds is 6. The summed E-state index contributed by atoms with van der Waals surface area (Å²) in [6.45, 7) is 5.26. The number of nitrogens with one attached hydrogen (secondary N) is 3. The Morgan fingerprint density at radius 3 is 2.46 bits per heavy atom. The van der Waals surface area contributed by atoms with Crippen LogP contribution in [0.1, 0.15) is 25.0 Å². The van der Waals surface area contributed by atoms with Crippen molar-refractivity contribution in [2.75, 3.05) is 26.0 Å². The number of amides is 1. The number of guanidine groups is 1. The molecule has 0 spiro atoms. The van der Waals surface area contributed by atoms with E-state index in [1.807, 2.05) is 18.2 Å². The van der Waals surface area contributed by atoms with Gasteiger partial charge in [0.05, 0.1) is 7.11 Å². The number of halogens is 1. The fraction of sp³-hybridized carbons (Fsp3) is 0.333. The fourth-order valence-corrected chi connectivity index (χ4v) is 2.60. The summed E-state index contributed by atoms with van der Waals surface area (Å²) < 4.78 is 18.1. The van der Waals surface area contributed by atoms with Crippen molar-refractivity contribution in [3.63, 3.8) is 0 Å². The van der Waals surface area contributed by atoms with Crippen LogP contribution in [0.25, 0.3) is 0 Å². The zero-order valence-electron chi connectivity index (χ0n) is 16.7. The van der Waals surface area contributed by atoms with Crippen molar-refractivity contribution in [1.82, 2.24) is 10.6 Å². The highest BCUT2D eigenvalue weighted by Gasteiger charge is 2.21. The van der Waals surface area contributed by atoms with Gasteiger partial charge in [0.15, 0.2) is 5.96 Å². The number of carbonyl (C=O) groups is 1. The molecule has 0 aliphatic carbocycles. The van der Waals surface area contributed by atoms with Crippen LogP contribution >= 0.6 is 0 Å². The second-order valence-electron chi connectivity index (χ2n) is 6.99. The van der Waals surface area contributed by atoms with Crippen LogP contribution in [0.2, 0.25) is 0 Å². The largest absolute Gasteiger partial charge is 0.453 e. The van der Waals surface area contributed by atoms with E-state index in [-0.39, 0.29) is 11.2 Å². The third-order valence-corrected chi connectivity index (χ3v) is 4.37. The van der Waals surface area contributed by atoms with E-state index in [9.17, 15) is 9.18 Å². The summed E-state index contributed by atoms with van der Waals surface area (Å²) in [5.41, 5.74) is 2.35. The lowest BCUT2D eigenvalue weighted by Crippen LogP contribution is -2.43. The molecule has 3 N–H and O–H groups in total. The SMILES string of the molecule is CN=C(NCc1ccc(NC(=O)OC)cc1)NCC(C)(C)c1cccc(F)c1. The molecule has 2 aromatic rings. The van der Waals surface area contributed by atoms with Gasteiger partial charge in [-0.15, -0.1) is 0 Å². The second-order valence-corrected chi connectivity index (χ2v) is 6.99. The molecule has 2 aromatic carbocycles. The summed E-state index contributed by atoms with van der Waals surface area (Å²) in [4.78, 5) is 15.4. The maximum Gasteiger partial charge on any atom is 0.411 e. The van der Waals surface area contributed by atoms with Gasteiger partial charge in [-0.05, 0) is 35.4 Å². The zero-order valence-corrected chi connectivity index (χ0v) is 16.7. The quantitative estimate of drug-likeness (QED) is 0.523. The monoisotopic (exact) mass is 386 g/mol. The van der Waals surface area contributed by atoms with Crippen molar-refractivity contribution in [2.24, 2.45) is 4.99 Å². The number of nitrogens with zero attached hydrogens (tertiary/aromatic N) is 1. The van der Waals surface area contributed by atoms with Crippen LogP contribution in [-0.4, -0.2) is 32.8 Å². The topological polar surface area (TPSA) is 74.8 Å². The lowest BCUT2D eigenvalue weighted by molar-refractivity contribution is 0.187. The molecule has 0 atom stereocenters. The number of hydrogen-bond acceptors (Lipinski definition) is 3. The first-order valence-electron chi connectivity index (χ1n) is 8.98. The number of ether oxygens (including phenoxy) is 1. The molecule has 0 saturated carbocycles. The number of aliphatic imine (C=N–C) groups is 1. The van der Waals surface area contributed by atoms with Crippen molar-refractivity contribution in [3.05, 3.63) is 65.5 Å². The van der Waals surface area contributed by atoms with Gasteiger partial charge in [-0.1, -0.05) is 38.1 Å². The normalized spacial score (nSPS) is 11.7. The van der Waals surface area contributed by atoms with Gasteiger partial charge < -0.3 is 15.4 Å². The van der Waals surface area contributed by atoms with E-state index in [0.29, 0.717) is 24.7 Å². The second kappa shape index (κ2) is 9.73. The smallest absolute Gasteiger partial charge is 0.411 e. The molecule has 28 heavy (non-hydrogen) atoms. The zero-order chi connectivity index (χ0) is 20.6. The molecule has 0 aromatic heterocycles. The Morgan fingerprint density at radius 2 is 1.86 bits per heavy atom. The summed E-state index contributed by atoms with van der Waals surface area (Å²) in [5, 5.41) is 9.14. The molecule has 0 saturated heterocycles. The molecule has 0 heterocycles. The van der Waals surface area contributed by atoms with Crippen LogP contribution in [-0.2, 0) is 16.7 Å². The predicted octanol–water partition coefficient (Wildman–Crippen LogP) is 3.65. The van der Waals surface area contributed by atoms with Crippen molar-refractivity contribution in [1.29, 1.82) is 0 Å². The van der Waals surface area contributed by atoms with E-state index in [0.717, 1.165) is 11.1 Å². The van der Waals surface area contributed by atoms with Gasteiger partial charge in [-0.25, -0.2) is 9.18 Å². The Balaban J connectivity index is 1.88. The van der Waals surface area contributed by atoms with E-state index < -0.39 is 6.09 Å². The van der Waals surface area contributed by atoms with Gasteiger partial charge >= 0.3 is 6.09 Å². The predicted molar refractivity (Wildman–Crippen MR) is 110 cm³/mol. The first-order valence-corrected chi connectivity index (χ1v) is 8.98. The summed E-state index contributed by atoms with van der Waals surface area (Å²) in [5.74, 6) is 0.416. The van der Waals surface area contributed by atoms with E-state index in [1.54, 1.807) is 31.3 Å². The van der Waals surface area contributed by atoms with Gasteiger partial charge in [-0.3, -0.25) is 10.3 Å². The molecule has 150 valence electrons. The Labute approximate surface area is 165 Å². The average Bonchev–Trinajstić information content (AvgIpc) is 2.69. The highest BCUT2D eigenvalue weighted by atomic mass is 19.1. The van der Waals surface area contributed by atoms with Crippen LogP contribution in [0.5, 0.6) is 0 Å². The van der Waals surface area contributed by atoms with Gasteiger partial charge in [0.1, 0.15) is 5.82 Å². The van der Waals surface area contributed by atoms with Crippen LogP contribution < -0.4 is 16.0 Å². The van der Waals surface area contributed by atoms with Crippen LogP contribution in [0, 0.1) is 5.82 Å². The molecule has 0 radical (unpaired) electrons. The molecule has 0 bridgehead atoms. The Hall–Kier alpha value is -3.09. The fourth-order valence-electron chi connectivity index (χ4n) is 2.60. The first-order chi connectivity index (χ1) is 13.3. The Bertz CT molecular complexity index is 819. The first kappa shape index (κ1) is 21.2. The van der Waals surface area contributed by atoms with Crippen LogP contribution in [0.4, 0.5) is 14.9 Å². The van der Waals surface area contributed by atoms with Gasteiger partial charge in [0, 0.05) is 31.2 Å². The molecule has 2 rings (SSSR count). The number of hydrogen-bond donors (Lipinski definition) is 3. The van der Waals surface area contributed by atoms with Crippen molar-refractivity contribution in [3.8, 4) is 0 Å². The molecule has 0 fully saturated rings. The molecule has 0 aliphatic heterocycles. The molecule has 0 unspecified atom stereocenters. The van der Waals surface area contributed by atoms with Gasteiger partial charge in [0.2, 0.25) is 0 Å². The molecule has 7 heteroatoms. The van der Waals surface area contributed by atoms with Crippen molar-refractivity contribution >= 4 is 17.7 Å². The Morgan fingerprint density at radius 1 is 1.14 bits per heavy atom. The molecular weight excluding hydrogens is 359 g/mol. The van der Waals surface area contributed by atoms with Gasteiger partial charge in [-0.2, -0.15) is 0 Å². The third-order valence-electron chi connectivity index (χ3n) is 4.37. The molecular formula is C21H27FN4O2. The lowest BCUT2D eigenvalue weighted by atomic mass is 9.84. The summed E-state index contributed by atoms with van der Waals surface area (Å²) in [6, 6.07) is 14.1. The summed E-state index contributed by atoms with van der Waals surface area (Å²) >= 11 is 0. The van der Waals surface area contributed by atoms with Crippen molar-refractivity contribution < 1.29 is 13.9 Å². The lowest BCUT2D eigenvalue weighted by Gasteiger charge is -2.27. The number of anilines is 1. The standard InChI is InChI=1S/C21H27FN4O2/c1-21(2,16-6-5-7-17(22)12-16)14-25-19(23-3)24-13-15-8-10-18(11-9-15)26-20(27)28-4/h5-12H,13-14H2,1-4H3,(H,26,27)(H2,23,24,25). The van der Waals surface area contributed by atoms with E-state index in [1.165, 1.54) is 13.2 Å². The van der Waals surface area contributed by atoms with E-state index in [4.69, 9.17) is 0 Å². The highest BCUT2D eigenvalue weighted by Crippen LogP contribution is 2.22. The van der Waals surface area contributed by atoms with Crippen LogP contribution in [0.15, 0.2) is 53.5 Å². The third kappa shape index (κ3) is 6.26. The molecule has 6 nitrogen and oxygen atoms in total. The van der Waals surface area contributed by atoms with E-state index >= 15 is 0 Å². The van der Waals surface area contributed by atoms with Crippen molar-refractivity contribution in [2.45, 2.75) is 25.8 Å². The minimum atomic E-state index is -0.503. The maximum absolute atomic E-state index is 13.5. The Kier molecular flexibility index (Phi) is 7.37. The van der Waals surface area contributed by atoms with E-state index in [2.05, 4.69) is 39.5 Å². The number of carbonyl (C=O) groups excluding carboxylic acids is 1. The number of benzene rings is 2. The molecule has 0 aliphatic rings. The minimum absolute atomic E-state index is 0.238. The number of methoxy groups -OCH3 is 1. The van der Waals surface area contributed by atoms with Crippen LogP contribution in [0.3, 0.4) is 0 Å². The average molecular weight is 386 g/mol. The molecule has 1 amide bonds. The summed E-state index contributed by atoms with van der Waals surface area (Å²) in [6.07, 6.45) is -0.503. The maximum atomic E-state index is 13.5.